The molecule has 75 heavy (non-hydrogen) atoms. The van der Waals surface area contributed by atoms with Crippen LogP contribution in [-0.4, -0.2) is 50.5 Å². The Bertz CT molecular complexity index is 1120. The fourth-order valence-electron chi connectivity index (χ4n) is 11.5. The predicted octanol–water partition coefficient (Wildman–Crippen LogP) is 21.6. The first-order valence-corrected chi connectivity index (χ1v) is 34.4. The molecule has 0 amide bonds. The number of carbonyl (C=O) groups is 3. The maximum atomic E-state index is 13.8. The number of rotatable bonds is 65. The van der Waals surface area contributed by atoms with Crippen LogP contribution in [0, 0.1) is 0 Å². The first-order valence-electron chi connectivity index (χ1n) is 34.4. The van der Waals surface area contributed by atoms with Gasteiger partial charge in [0.1, 0.15) is 0 Å². The molecule has 0 aliphatic heterocycles. The zero-order valence-corrected chi connectivity index (χ0v) is 51.1. The number of Topliss-reactive ketones (excluding diaryl/α,β-unsaturated/α-hetero) is 3. The first-order chi connectivity index (χ1) is 36.8. The summed E-state index contributed by atoms with van der Waals surface area (Å²) in [5.41, 5.74) is -2.80. The van der Waals surface area contributed by atoms with E-state index in [0.29, 0.717) is 19.3 Å². The average molecular weight is 1060 g/mol. The van der Waals surface area contributed by atoms with Crippen molar-refractivity contribution in [2.45, 2.75) is 424 Å². The monoisotopic (exact) mass is 1060 g/mol. The van der Waals surface area contributed by atoms with E-state index in [0.717, 1.165) is 57.8 Å². The van der Waals surface area contributed by atoms with Gasteiger partial charge in [0.15, 0.2) is 35.2 Å². The molecule has 0 aliphatic rings. The third-order valence-corrected chi connectivity index (χ3v) is 17.0. The van der Waals surface area contributed by atoms with Crippen molar-refractivity contribution in [3.63, 3.8) is 0 Å². The van der Waals surface area contributed by atoms with Crippen LogP contribution in [0.1, 0.15) is 406 Å². The van der Waals surface area contributed by atoms with Crippen molar-refractivity contribution in [2.75, 3.05) is 0 Å². The average Bonchev–Trinajstić information content (AvgIpc) is 3.41. The molecule has 0 radical (unpaired) electrons. The molecule has 3 N–H and O–H groups in total. The summed E-state index contributed by atoms with van der Waals surface area (Å²) in [6.45, 7) is 6.83. The Labute approximate surface area is 468 Å². The molecule has 0 spiro atoms. The number of unbranched alkanes of at least 4 members (excludes halogenated alkanes) is 54. The third kappa shape index (κ3) is 47.4. The Balaban J connectivity index is 4.62. The van der Waals surface area contributed by atoms with E-state index in [4.69, 9.17) is 0 Å². The number of hydrogen-bond donors (Lipinski definition) is 3. The smallest absolute Gasteiger partial charge is 0.189 e. The molecule has 0 aromatic rings. The first kappa shape index (κ1) is 73.9. The van der Waals surface area contributed by atoms with Gasteiger partial charge >= 0.3 is 0 Å². The minimum absolute atomic E-state index is 0.0229. The van der Waals surface area contributed by atoms with Crippen LogP contribution < -0.4 is 0 Å². The minimum atomic E-state index is -2.80. The van der Waals surface area contributed by atoms with Crippen molar-refractivity contribution in [1.82, 2.24) is 0 Å². The molecule has 2 atom stereocenters. The molecule has 0 saturated heterocycles. The summed E-state index contributed by atoms with van der Waals surface area (Å²) in [5, 5.41) is 34.5. The molecule has 0 bridgehead atoms. The Kier molecular flexibility index (Phi) is 58.1. The van der Waals surface area contributed by atoms with Crippen molar-refractivity contribution in [2.24, 2.45) is 0 Å². The molecule has 0 saturated carbocycles. The summed E-state index contributed by atoms with van der Waals surface area (Å²) in [6, 6.07) is 0. The second-order valence-corrected chi connectivity index (χ2v) is 24.3. The van der Waals surface area contributed by atoms with Crippen molar-refractivity contribution in [3.05, 3.63) is 0 Å². The van der Waals surface area contributed by atoms with E-state index in [-0.39, 0.29) is 19.3 Å². The number of ketones is 3. The van der Waals surface area contributed by atoms with E-state index < -0.39 is 35.2 Å². The minimum Gasteiger partial charge on any atom is -0.382 e. The van der Waals surface area contributed by atoms with E-state index in [1.807, 2.05) is 0 Å². The zero-order chi connectivity index (χ0) is 54.8. The second-order valence-electron chi connectivity index (χ2n) is 24.3. The van der Waals surface area contributed by atoms with Crippen molar-refractivity contribution in [3.8, 4) is 0 Å². The highest BCUT2D eigenvalue weighted by Gasteiger charge is 2.53. The Morgan fingerprint density at radius 3 is 0.533 bits per heavy atom. The number of aliphatic hydroxyl groups excluding tert-OH is 2. The van der Waals surface area contributed by atoms with Crippen LogP contribution >= 0.6 is 0 Å². The Hall–Kier alpha value is -1.11. The summed E-state index contributed by atoms with van der Waals surface area (Å²) in [6.07, 6.45) is 66.9. The molecule has 0 heterocycles. The lowest BCUT2D eigenvalue weighted by Gasteiger charge is -2.34. The molecule has 446 valence electrons. The lowest BCUT2D eigenvalue weighted by molar-refractivity contribution is -0.181. The SMILES string of the molecule is CCCCCCCCCCCCCCCCCCCCCC(=O)C(O)C(O)(C(=O)CCCCCCCCCCCCCCCCCCCCC)C(O)C(=O)CCCCCCCCCCCCCCCCCCCCC. The van der Waals surface area contributed by atoms with Crippen LogP contribution in [-0.2, 0) is 14.4 Å². The molecule has 0 aromatic heterocycles. The molecule has 6 heteroatoms. The molecular weight excluding hydrogens is 925 g/mol. The maximum Gasteiger partial charge on any atom is 0.189 e. The van der Waals surface area contributed by atoms with E-state index in [2.05, 4.69) is 20.8 Å². The van der Waals surface area contributed by atoms with E-state index in [1.165, 1.54) is 289 Å². The molecule has 6 nitrogen and oxygen atoms in total. The van der Waals surface area contributed by atoms with Crippen LogP contribution in [0.3, 0.4) is 0 Å². The van der Waals surface area contributed by atoms with Crippen LogP contribution in [0.5, 0.6) is 0 Å². The van der Waals surface area contributed by atoms with Crippen LogP contribution in [0.2, 0.25) is 0 Å². The van der Waals surface area contributed by atoms with Gasteiger partial charge in [-0.15, -0.1) is 0 Å². The second kappa shape index (κ2) is 59.0. The largest absolute Gasteiger partial charge is 0.382 e. The van der Waals surface area contributed by atoms with Gasteiger partial charge in [-0.2, -0.15) is 0 Å². The topological polar surface area (TPSA) is 112 Å². The van der Waals surface area contributed by atoms with Gasteiger partial charge in [-0.3, -0.25) is 14.4 Å². The Morgan fingerprint density at radius 2 is 0.373 bits per heavy atom. The van der Waals surface area contributed by atoms with Gasteiger partial charge in [0.05, 0.1) is 0 Å². The summed E-state index contributed by atoms with van der Waals surface area (Å²) >= 11 is 0. The summed E-state index contributed by atoms with van der Waals surface area (Å²) in [4.78, 5) is 40.6. The zero-order valence-electron chi connectivity index (χ0n) is 51.1. The normalized spacial score (nSPS) is 13.4. The highest BCUT2D eigenvalue weighted by molar-refractivity contribution is 6.01. The molecular formula is C69H134O6. The molecule has 0 rings (SSSR count). The van der Waals surface area contributed by atoms with Crippen molar-refractivity contribution in [1.29, 1.82) is 0 Å². The summed E-state index contributed by atoms with van der Waals surface area (Å²) in [5.74, 6) is -2.08. The number of carbonyl (C=O) groups excluding carboxylic acids is 3. The van der Waals surface area contributed by atoms with Gasteiger partial charge in [0.2, 0.25) is 0 Å². The van der Waals surface area contributed by atoms with E-state index in [9.17, 15) is 29.7 Å². The fraction of sp³-hybridized carbons (Fsp3) is 0.957. The van der Waals surface area contributed by atoms with E-state index in [1.54, 1.807) is 0 Å². The molecule has 0 aromatic carbocycles. The maximum absolute atomic E-state index is 13.8. The lowest BCUT2D eigenvalue weighted by atomic mass is 9.78. The summed E-state index contributed by atoms with van der Waals surface area (Å²) in [7, 11) is 0. The third-order valence-electron chi connectivity index (χ3n) is 17.0. The fourth-order valence-corrected chi connectivity index (χ4v) is 11.5. The predicted molar refractivity (Wildman–Crippen MR) is 326 cm³/mol. The van der Waals surface area contributed by atoms with Crippen molar-refractivity contribution >= 4 is 17.3 Å². The van der Waals surface area contributed by atoms with Crippen LogP contribution in [0.25, 0.3) is 0 Å². The van der Waals surface area contributed by atoms with Gasteiger partial charge in [-0.05, 0) is 19.3 Å². The van der Waals surface area contributed by atoms with Crippen LogP contribution in [0.4, 0.5) is 0 Å². The van der Waals surface area contributed by atoms with Crippen molar-refractivity contribution < 1.29 is 29.7 Å². The number of aliphatic hydroxyl groups is 3. The van der Waals surface area contributed by atoms with Gasteiger partial charge in [-0.1, -0.05) is 367 Å². The van der Waals surface area contributed by atoms with Crippen LogP contribution in [0.15, 0.2) is 0 Å². The van der Waals surface area contributed by atoms with Gasteiger partial charge in [0, 0.05) is 19.3 Å². The molecule has 0 aliphatic carbocycles. The highest BCUT2D eigenvalue weighted by Crippen LogP contribution is 2.27. The van der Waals surface area contributed by atoms with Gasteiger partial charge in [-0.25, -0.2) is 0 Å². The Morgan fingerprint density at radius 1 is 0.240 bits per heavy atom. The highest BCUT2D eigenvalue weighted by atomic mass is 16.4. The van der Waals surface area contributed by atoms with E-state index >= 15 is 0 Å². The van der Waals surface area contributed by atoms with Gasteiger partial charge in [0.25, 0.3) is 0 Å². The van der Waals surface area contributed by atoms with Gasteiger partial charge < -0.3 is 15.3 Å². The summed E-state index contributed by atoms with van der Waals surface area (Å²) < 4.78 is 0. The molecule has 0 fully saturated rings. The quantitative estimate of drug-likeness (QED) is 0.0523. The lowest BCUT2D eigenvalue weighted by Crippen LogP contribution is -2.63. The molecule has 2 unspecified atom stereocenters. The number of hydrogen-bond acceptors (Lipinski definition) is 6. The standard InChI is InChI=1S/C69H134O6/c1-4-7-10-13-16-19-22-25-28-31-34-37-40-43-46-49-52-55-58-61-64(70)67(73)69(75,66(72)63-60-57-54-51-48-45-42-39-36-33-30-27-24-21-18-15-12-9-6-3)68(74)65(71)62-59-56-53-50-47-44-41-38-35-32-29-26-23-20-17-14-11-8-5-2/h67-68,73-75H,4-63H2,1-3H3.